The molecule has 4 nitrogen and oxygen atoms in total. The Morgan fingerprint density at radius 1 is 1.24 bits per heavy atom. The monoisotopic (exact) mass is 412 g/mol. The van der Waals surface area contributed by atoms with E-state index in [2.05, 4.69) is 33.2 Å². The van der Waals surface area contributed by atoms with Crippen LogP contribution in [0.1, 0.15) is 15.9 Å². The molecule has 21 heavy (non-hydrogen) atoms. The maximum Gasteiger partial charge on any atom is 0.258 e. The number of aryl methyl sites for hydroxylation is 1. The van der Waals surface area contributed by atoms with Gasteiger partial charge >= 0.3 is 0 Å². The zero-order valence-corrected chi connectivity index (χ0v) is 14.2. The van der Waals surface area contributed by atoms with Crippen LogP contribution in [0.25, 0.3) is 0 Å². The number of nitrogens with one attached hydrogen (secondary N) is 2. The van der Waals surface area contributed by atoms with Crippen molar-refractivity contribution in [3.05, 3.63) is 57.2 Å². The van der Waals surface area contributed by atoms with E-state index in [1.165, 1.54) is 0 Å². The zero-order chi connectivity index (χ0) is 15.4. The van der Waals surface area contributed by atoms with E-state index in [1.54, 1.807) is 24.3 Å². The highest BCUT2D eigenvalue weighted by molar-refractivity contribution is 14.1. The largest absolute Gasteiger partial charge is 0.506 e. The third kappa shape index (κ3) is 4.15. The number of thiocarbonyl (C=S) groups is 1. The third-order valence-electron chi connectivity index (χ3n) is 2.75. The van der Waals surface area contributed by atoms with Crippen LogP contribution in [0.4, 0.5) is 5.69 Å². The number of rotatable bonds is 2. The van der Waals surface area contributed by atoms with Gasteiger partial charge in [-0.3, -0.25) is 10.1 Å². The molecular formula is C15H13IN2O2S. The Bertz CT molecular complexity index is 704. The molecule has 0 fully saturated rings. The summed E-state index contributed by atoms with van der Waals surface area (Å²) in [5.41, 5.74) is 1.94. The number of amides is 1. The summed E-state index contributed by atoms with van der Waals surface area (Å²) in [6, 6.07) is 12.4. The van der Waals surface area contributed by atoms with Crippen molar-refractivity contribution in [2.75, 3.05) is 5.32 Å². The molecule has 0 saturated heterocycles. The summed E-state index contributed by atoms with van der Waals surface area (Å²) in [7, 11) is 0. The molecule has 0 aliphatic heterocycles. The normalized spacial score (nSPS) is 10.0. The minimum atomic E-state index is -0.288. The van der Waals surface area contributed by atoms with E-state index in [0.29, 0.717) is 11.3 Å². The minimum Gasteiger partial charge on any atom is -0.506 e. The van der Waals surface area contributed by atoms with Gasteiger partial charge in [-0.05, 0) is 71.6 Å². The van der Waals surface area contributed by atoms with Gasteiger partial charge in [0.25, 0.3) is 5.91 Å². The molecule has 0 aliphatic carbocycles. The van der Waals surface area contributed by atoms with Crippen LogP contribution in [0, 0.1) is 10.5 Å². The molecule has 2 rings (SSSR count). The van der Waals surface area contributed by atoms with Gasteiger partial charge in [0, 0.05) is 3.57 Å². The number of carbonyl (C=O) groups excluding carboxylic acids is 1. The number of anilines is 1. The van der Waals surface area contributed by atoms with Gasteiger partial charge in [0.15, 0.2) is 5.11 Å². The van der Waals surface area contributed by atoms with Crippen LogP contribution in [0.2, 0.25) is 0 Å². The van der Waals surface area contributed by atoms with Crippen molar-refractivity contribution >= 4 is 51.5 Å². The fourth-order valence-corrected chi connectivity index (χ4v) is 2.55. The average Bonchev–Trinajstić information content (AvgIpc) is 2.42. The lowest BCUT2D eigenvalue weighted by Crippen LogP contribution is -2.34. The predicted octanol–water partition coefficient (Wildman–Crippen LogP) is 3.43. The van der Waals surface area contributed by atoms with Crippen molar-refractivity contribution in [1.82, 2.24) is 5.32 Å². The molecule has 108 valence electrons. The second kappa shape index (κ2) is 6.86. The molecule has 0 aliphatic rings. The van der Waals surface area contributed by atoms with Crippen molar-refractivity contribution in [2.24, 2.45) is 0 Å². The van der Waals surface area contributed by atoms with Gasteiger partial charge in [-0.25, -0.2) is 0 Å². The second-order valence-electron chi connectivity index (χ2n) is 4.41. The van der Waals surface area contributed by atoms with Crippen LogP contribution >= 0.6 is 34.8 Å². The van der Waals surface area contributed by atoms with Gasteiger partial charge in [-0.15, -0.1) is 0 Å². The van der Waals surface area contributed by atoms with E-state index < -0.39 is 0 Å². The SMILES string of the molecule is Cc1ccc(NC(=S)NC(=O)c2ccccc2I)c(O)c1. The van der Waals surface area contributed by atoms with Crippen molar-refractivity contribution in [1.29, 1.82) is 0 Å². The number of hydrogen-bond acceptors (Lipinski definition) is 3. The number of carbonyl (C=O) groups is 1. The van der Waals surface area contributed by atoms with E-state index in [-0.39, 0.29) is 16.8 Å². The number of phenols is 1. The van der Waals surface area contributed by atoms with E-state index in [0.717, 1.165) is 9.13 Å². The summed E-state index contributed by atoms with van der Waals surface area (Å²) >= 11 is 7.18. The smallest absolute Gasteiger partial charge is 0.258 e. The Balaban J connectivity index is 2.05. The van der Waals surface area contributed by atoms with Gasteiger partial charge in [-0.1, -0.05) is 18.2 Å². The Labute approximate surface area is 141 Å². The molecule has 0 heterocycles. The Morgan fingerprint density at radius 3 is 2.62 bits per heavy atom. The highest BCUT2D eigenvalue weighted by Gasteiger charge is 2.11. The standard InChI is InChI=1S/C15H13IN2O2S/c1-9-6-7-12(13(19)8-9)17-15(21)18-14(20)10-4-2-3-5-11(10)16/h2-8,19H,1H3,(H2,17,18,20,21). The van der Waals surface area contributed by atoms with E-state index in [1.807, 2.05) is 25.1 Å². The van der Waals surface area contributed by atoms with Crippen molar-refractivity contribution in [3.8, 4) is 5.75 Å². The lowest BCUT2D eigenvalue weighted by atomic mass is 10.2. The molecule has 0 spiro atoms. The van der Waals surface area contributed by atoms with Crippen LogP contribution < -0.4 is 10.6 Å². The van der Waals surface area contributed by atoms with Gasteiger partial charge in [0.1, 0.15) is 5.75 Å². The molecule has 0 unspecified atom stereocenters. The van der Waals surface area contributed by atoms with Crippen LogP contribution in [-0.4, -0.2) is 16.1 Å². The minimum absolute atomic E-state index is 0.0842. The summed E-state index contributed by atoms with van der Waals surface area (Å²) in [6.45, 7) is 1.88. The van der Waals surface area contributed by atoms with Gasteiger partial charge < -0.3 is 10.4 Å². The first kappa shape index (κ1) is 15.7. The van der Waals surface area contributed by atoms with Gasteiger partial charge in [0.05, 0.1) is 11.3 Å². The molecule has 3 N–H and O–H groups in total. The summed E-state index contributed by atoms with van der Waals surface area (Å²) in [4.78, 5) is 12.1. The van der Waals surface area contributed by atoms with Crippen molar-refractivity contribution < 1.29 is 9.90 Å². The van der Waals surface area contributed by atoms with Crippen LogP contribution in [0.3, 0.4) is 0 Å². The first-order valence-electron chi connectivity index (χ1n) is 6.14. The third-order valence-corrected chi connectivity index (χ3v) is 3.89. The molecule has 0 saturated carbocycles. The highest BCUT2D eigenvalue weighted by Crippen LogP contribution is 2.23. The topological polar surface area (TPSA) is 61.4 Å². The zero-order valence-electron chi connectivity index (χ0n) is 11.2. The summed E-state index contributed by atoms with van der Waals surface area (Å²) < 4.78 is 0.841. The number of hydrogen-bond donors (Lipinski definition) is 3. The van der Waals surface area contributed by atoms with Crippen LogP contribution in [0.15, 0.2) is 42.5 Å². The molecule has 1 amide bonds. The molecule has 0 bridgehead atoms. The number of phenolic OH excluding ortho intramolecular Hbond substituents is 1. The molecule has 0 atom stereocenters. The predicted molar refractivity (Wildman–Crippen MR) is 95.7 cm³/mol. The maximum atomic E-state index is 12.1. The number of aromatic hydroxyl groups is 1. The fourth-order valence-electron chi connectivity index (χ4n) is 1.72. The van der Waals surface area contributed by atoms with Crippen molar-refractivity contribution in [2.45, 2.75) is 6.92 Å². The maximum absolute atomic E-state index is 12.1. The molecular weight excluding hydrogens is 399 g/mol. The lowest BCUT2D eigenvalue weighted by Gasteiger charge is -2.11. The van der Waals surface area contributed by atoms with Gasteiger partial charge in [0.2, 0.25) is 0 Å². The second-order valence-corrected chi connectivity index (χ2v) is 5.98. The highest BCUT2D eigenvalue weighted by atomic mass is 127. The molecule has 6 heteroatoms. The number of halogens is 1. The first-order chi connectivity index (χ1) is 9.97. The van der Waals surface area contributed by atoms with E-state index in [4.69, 9.17) is 12.2 Å². The quantitative estimate of drug-likeness (QED) is 0.402. The fraction of sp³-hybridized carbons (Fsp3) is 0.0667. The average molecular weight is 412 g/mol. The Morgan fingerprint density at radius 2 is 1.95 bits per heavy atom. The molecule has 0 radical (unpaired) electrons. The van der Waals surface area contributed by atoms with Crippen LogP contribution in [0.5, 0.6) is 5.75 Å². The Hall–Kier alpha value is -1.67. The van der Waals surface area contributed by atoms with E-state index in [9.17, 15) is 9.90 Å². The molecule has 0 aromatic heterocycles. The molecule has 2 aromatic rings. The van der Waals surface area contributed by atoms with E-state index >= 15 is 0 Å². The lowest BCUT2D eigenvalue weighted by molar-refractivity contribution is 0.0977. The Kier molecular flexibility index (Phi) is 5.13. The van der Waals surface area contributed by atoms with Gasteiger partial charge in [-0.2, -0.15) is 0 Å². The first-order valence-corrected chi connectivity index (χ1v) is 7.62. The summed E-state index contributed by atoms with van der Waals surface area (Å²) in [5, 5.41) is 15.3. The molecule has 2 aromatic carbocycles. The van der Waals surface area contributed by atoms with Crippen LogP contribution in [-0.2, 0) is 0 Å². The van der Waals surface area contributed by atoms with Crippen molar-refractivity contribution in [3.63, 3.8) is 0 Å². The summed E-state index contributed by atoms with van der Waals surface area (Å²) in [5.74, 6) is -0.204. The number of benzene rings is 2. The summed E-state index contributed by atoms with van der Waals surface area (Å²) in [6.07, 6.45) is 0.